The lowest BCUT2D eigenvalue weighted by Gasteiger charge is -2.04. The average molecular weight is 252 g/mol. The molecule has 3 rings (SSSR count). The van der Waals surface area contributed by atoms with Crippen molar-refractivity contribution in [2.24, 2.45) is 0 Å². The Labute approximate surface area is 111 Å². The Balaban J connectivity index is 2.02. The molecule has 2 aromatic rings. The van der Waals surface area contributed by atoms with E-state index < -0.39 is 0 Å². The molecule has 0 N–H and O–H groups in total. The fourth-order valence-corrected chi connectivity index (χ4v) is 2.05. The third-order valence-corrected chi connectivity index (χ3v) is 2.98. The number of fused-ring (bicyclic) bond motifs is 1. The van der Waals surface area contributed by atoms with Gasteiger partial charge in [-0.05, 0) is 23.8 Å². The lowest BCUT2D eigenvalue weighted by Crippen LogP contribution is -1.97. The van der Waals surface area contributed by atoms with Crippen LogP contribution in [-0.2, 0) is 0 Å². The molecule has 0 amide bonds. The van der Waals surface area contributed by atoms with E-state index in [1.54, 1.807) is 31.4 Å². The number of para-hydroxylation sites is 1. The largest absolute Gasteiger partial charge is 0.493 e. The molecule has 0 radical (unpaired) electrons. The van der Waals surface area contributed by atoms with E-state index in [4.69, 9.17) is 9.47 Å². The number of hydrogen-bond acceptors (Lipinski definition) is 3. The molecule has 1 heterocycles. The van der Waals surface area contributed by atoms with Crippen LogP contribution in [0.25, 0.3) is 6.08 Å². The van der Waals surface area contributed by atoms with Gasteiger partial charge in [0.1, 0.15) is 0 Å². The molecule has 0 saturated heterocycles. The minimum atomic E-state index is -0.113. The molecule has 0 atom stereocenters. The first kappa shape index (κ1) is 11.5. The molecule has 0 bridgehead atoms. The Morgan fingerprint density at radius 2 is 1.84 bits per heavy atom. The number of hydrogen-bond donors (Lipinski definition) is 0. The van der Waals surface area contributed by atoms with Crippen molar-refractivity contribution in [1.29, 1.82) is 0 Å². The monoisotopic (exact) mass is 252 g/mol. The quantitative estimate of drug-likeness (QED) is 0.769. The number of ether oxygens (including phenoxy) is 2. The predicted octanol–water partition coefficient (Wildman–Crippen LogP) is 3.31. The molecule has 3 heteroatoms. The highest BCUT2D eigenvalue weighted by Gasteiger charge is 2.29. The van der Waals surface area contributed by atoms with Crippen molar-refractivity contribution in [3.05, 3.63) is 65.4 Å². The molecule has 3 nitrogen and oxygen atoms in total. The van der Waals surface area contributed by atoms with Crippen LogP contribution in [0.1, 0.15) is 15.9 Å². The van der Waals surface area contributed by atoms with E-state index in [1.165, 1.54) is 0 Å². The average Bonchev–Trinajstić information content (AvgIpc) is 2.77. The van der Waals surface area contributed by atoms with Gasteiger partial charge in [0.05, 0.1) is 12.7 Å². The fourth-order valence-electron chi connectivity index (χ4n) is 2.05. The van der Waals surface area contributed by atoms with Crippen LogP contribution in [0.15, 0.2) is 54.3 Å². The predicted molar refractivity (Wildman–Crippen MR) is 72.4 cm³/mol. The van der Waals surface area contributed by atoms with Gasteiger partial charge in [-0.15, -0.1) is 0 Å². The summed E-state index contributed by atoms with van der Waals surface area (Å²) in [5, 5.41) is 0. The topological polar surface area (TPSA) is 35.5 Å². The van der Waals surface area contributed by atoms with Crippen molar-refractivity contribution < 1.29 is 14.3 Å². The molecule has 0 saturated carbocycles. The second-order valence-corrected chi connectivity index (χ2v) is 4.19. The molecule has 94 valence electrons. The van der Waals surface area contributed by atoms with E-state index in [9.17, 15) is 4.79 Å². The lowest BCUT2D eigenvalue weighted by molar-refractivity contribution is 0.101. The van der Waals surface area contributed by atoms with E-state index in [0.717, 1.165) is 5.56 Å². The molecule has 0 spiro atoms. The van der Waals surface area contributed by atoms with Gasteiger partial charge in [0.2, 0.25) is 5.78 Å². The highest BCUT2D eigenvalue weighted by atomic mass is 16.5. The van der Waals surface area contributed by atoms with Gasteiger partial charge in [-0.1, -0.05) is 36.4 Å². The van der Waals surface area contributed by atoms with Gasteiger partial charge < -0.3 is 9.47 Å². The van der Waals surface area contributed by atoms with E-state index in [0.29, 0.717) is 22.8 Å². The fraction of sp³-hybridized carbons (Fsp3) is 0.0625. The van der Waals surface area contributed by atoms with Gasteiger partial charge in [-0.25, -0.2) is 0 Å². The van der Waals surface area contributed by atoms with E-state index in [2.05, 4.69) is 0 Å². The van der Waals surface area contributed by atoms with Crippen LogP contribution in [0.5, 0.6) is 11.5 Å². The van der Waals surface area contributed by atoms with Gasteiger partial charge in [0, 0.05) is 0 Å². The molecule has 0 fully saturated rings. The first-order valence-electron chi connectivity index (χ1n) is 5.96. The Morgan fingerprint density at radius 1 is 1.05 bits per heavy atom. The summed E-state index contributed by atoms with van der Waals surface area (Å²) >= 11 is 0. The number of rotatable bonds is 2. The van der Waals surface area contributed by atoms with Crippen molar-refractivity contribution in [3.63, 3.8) is 0 Å². The molecule has 1 aliphatic rings. The van der Waals surface area contributed by atoms with Crippen LogP contribution in [0, 0.1) is 0 Å². The van der Waals surface area contributed by atoms with Crippen LogP contribution in [0.2, 0.25) is 0 Å². The molecular formula is C16H12O3. The van der Waals surface area contributed by atoms with Gasteiger partial charge >= 0.3 is 0 Å². The van der Waals surface area contributed by atoms with Gasteiger partial charge in [-0.2, -0.15) is 0 Å². The lowest BCUT2D eigenvalue weighted by atomic mass is 10.1. The summed E-state index contributed by atoms with van der Waals surface area (Å²) in [5.74, 6) is 1.28. The number of ketones is 1. The zero-order valence-corrected chi connectivity index (χ0v) is 10.4. The van der Waals surface area contributed by atoms with E-state index >= 15 is 0 Å². The normalized spacial score (nSPS) is 15.2. The van der Waals surface area contributed by atoms with Crippen molar-refractivity contribution in [2.45, 2.75) is 0 Å². The molecule has 0 aliphatic carbocycles. The zero-order valence-electron chi connectivity index (χ0n) is 10.4. The van der Waals surface area contributed by atoms with Crippen LogP contribution >= 0.6 is 0 Å². The number of carbonyl (C=O) groups excluding carboxylic acids is 1. The van der Waals surface area contributed by atoms with Gasteiger partial charge in [0.25, 0.3) is 0 Å². The Kier molecular flexibility index (Phi) is 2.80. The van der Waals surface area contributed by atoms with E-state index in [-0.39, 0.29) is 5.78 Å². The minimum Gasteiger partial charge on any atom is -0.493 e. The van der Waals surface area contributed by atoms with Crippen LogP contribution < -0.4 is 9.47 Å². The van der Waals surface area contributed by atoms with Crippen LogP contribution in [0.4, 0.5) is 0 Å². The summed E-state index contributed by atoms with van der Waals surface area (Å²) in [6.07, 6.45) is 1.74. The van der Waals surface area contributed by atoms with Crippen molar-refractivity contribution in [2.75, 3.05) is 7.11 Å². The summed E-state index contributed by atoms with van der Waals surface area (Å²) in [4.78, 5) is 12.2. The third kappa shape index (κ3) is 1.99. The van der Waals surface area contributed by atoms with Crippen LogP contribution in [-0.4, -0.2) is 12.9 Å². The third-order valence-electron chi connectivity index (χ3n) is 2.98. The molecule has 2 aromatic carbocycles. The smallest absolute Gasteiger partial charge is 0.232 e. The summed E-state index contributed by atoms with van der Waals surface area (Å²) in [7, 11) is 1.56. The van der Waals surface area contributed by atoms with Crippen molar-refractivity contribution in [3.8, 4) is 11.5 Å². The summed E-state index contributed by atoms with van der Waals surface area (Å²) in [6, 6.07) is 14.9. The number of methoxy groups -OCH3 is 1. The SMILES string of the molecule is COc1cccc2c1O/C(=C\c1ccccc1)C2=O. The van der Waals surface area contributed by atoms with Crippen molar-refractivity contribution in [1.82, 2.24) is 0 Å². The Bertz CT molecular complexity index is 657. The Morgan fingerprint density at radius 3 is 2.58 bits per heavy atom. The molecule has 0 unspecified atom stereocenters. The van der Waals surface area contributed by atoms with Gasteiger partial charge in [-0.3, -0.25) is 4.79 Å². The standard InChI is InChI=1S/C16H12O3/c1-18-13-9-5-8-12-15(17)14(19-16(12)13)10-11-6-3-2-4-7-11/h2-10H,1H3/b14-10-. The molecule has 0 aromatic heterocycles. The maximum absolute atomic E-state index is 12.2. The molecular weight excluding hydrogens is 240 g/mol. The number of Topliss-reactive ketones (excluding diaryl/α,β-unsaturated/α-hetero) is 1. The summed E-state index contributed by atoms with van der Waals surface area (Å²) < 4.78 is 10.8. The van der Waals surface area contributed by atoms with Gasteiger partial charge in [0.15, 0.2) is 17.3 Å². The first-order chi connectivity index (χ1) is 9.29. The van der Waals surface area contributed by atoms with E-state index in [1.807, 2.05) is 30.3 Å². The van der Waals surface area contributed by atoms with Crippen LogP contribution in [0.3, 0.4) is 0 Å². The Hall–Kier alpha value is -2.55. The first-order valence-corrected chi connectivity index (χ1v) is 5.96. The summed E-state index contributed by atoms with van der Waals surface area (Å²) in [6.45, 7) is 0. The molecule has 19 heavy (non-hydrogen) atoms. The minimum absolute atomic E-state index is 0.113. The zero-order chi connectivity index (χ0) is 13.2. The second-order valence-electron chi connectivity index (χ2n) is 4.19. The summed E-state index contributed by atoms with van der Waals surface area (Å²) in [5.41, 5.74) is 1.47. The maximum Gasteiger partial charge on any atom is 0.232 e. The number of carbonyl (C=O) groups is 1. The van der Waals surface area contributed by atoms with Crippen molar-refractivity contribution >= 4 is 11.9 Å². The maximum atomic E-state index is 12.2. The number of benzene rings is 2. The molecule has 1 aliphatic heterocycles. The number of allylic oxidation sites excluding steroid dienone is 1. The highest BCUT2D eigenvalue weighted by Crippen LogP contribution is 2.39. The highest BCUT2D eigenvalue weighted by molar-refractivity contribution is 6.15. The second kappa shape index (κ2) is 4.61.